The molecular weight excluding hydrogens is 339 g/mol. The minimum atomic E-state index is -0.311. The van der Waals surface area contributed by atoms with E-state index in [1.165, 1.54) is 12.1 Å². The highest BCUT2D eigenvalue weighted by molar-refractivity contribution is 7.18. The Kier molecular flexibility index (Phi) is 5.60. The normalized spacial score (nSPS) is 12.1. The molecule has 1 unspecified atom stereocenters. The summed E-state index contributed by atoms with van der Waals surface area (Å²) in [5, 5.41) is 3.93. The number of benzene rings is 2. The summed E-state index contributed by atoms with van der Waals surface area (Å²) in [6.45, 7) is 2.84. The number of carbonyl (C=O) groups excluding carboxylic acids is 1. The van der Waals surface area contributed by atoms with Gasteiger partial charge in [-0.3, -0.25) is 4.79 Å². The first kappa shape index (κ1) is 17.4. The summed E-state index contributed by atoms with van der Waals surface area (Å²) in [5.41, 5.74) is 0.994. The summed E-state index contributed by atoms with van der Waals surface area (Å²) in [6.07, 6.45) is 0.254. The Morgan fingerprint density at radius 2 is 2.00 bits per heavy atom. The molecule has 0 aliphatic carbocycles. The van der Waals surface area contributed by atoms with Crippen molar-refractivity contribution in [3.63, 3.8) is 0 Å². The number of aromatic nitrogens is 1. The average Bonchev–Trinajstić information content (AvgIpc) is 3.05. The molecule has 1 aromatic heterocycles. The maximum Gasteiger partial charge on any atom is 0.223 e. The lowest BCUT2D eigenvalue weighted by Gasteiger charge is -2.10. The second-order valence-electron chi connectivity index (χ2n) is 5.78. The van der Waals surface area contributed by atoms with Gasteiger partial charge in [0.1, 0.15) is 11.6 Å². The SMILES string of the molecule is CC(CNC(=O)CCOc1ccc(F)cc1)c1nc2ccccc2s1. The minimum absolute atomic E-state index is 0.0740. The van der Waals surface area contributed by atoms with Crippen molar-refractivity contribution >= 4 is 27.5 Å². The Hall–Kier alpha value is -2.47. The number of thiazole rings is 1. The summed E-state index contributed by atoms with van der Waals surface area (Å²) in [4.78, 5) is 16.5. The Morgan fingerprint density at radius 1 is 1.24 bits per heavy atom. The molecular formula is C19H19FN2O2S. The van der Waals surface area contributed by atoms with E-state index in [0.29, 0.717) is 12.3 Å². The molecule has 0 aliphatic heterocycles. The van der Waals surface area contributed by atoms with Crippen molar-refractivity contribution in [1.82, 2.24) is 10.3 Å². The number of fused-ring (bicyclic) bond motifs is 1. The van der Waals surface area contributed by atoms with Crippen LogP contribution in [0.15, 0.2) is 48.5 Å². The van der Waals surface area contributed by atoms with Crippen LogP contribution >= 0.6 is 11.3 Å². The number of carbonyl (C=O) groups is 1. The standard InChI is InChI=1S/C19H19FN2O2S/c1-13(19-22-16-4-2-3-5-17(16)25-19)12-21-18(23)10-11-24-15-8-6-14(20)7-9-15/h2-9,13H,10-12H2,1H3,(H,21,23). The molecule has 2 aromatic carbocycles. The Bertz CT molecular complexity index is 815. The van der Waals surface area contributed by atoms with E-state index in [1.54, 1.807) is 23.5 Å². The van der Waals surface area contributed by atoms with Gasteiger partial charge in [-0.15, -0.1) is 11.3 Å². The summed E-state index contributed by atoms with van der Waals surface area (Å²) in [5.74, 6) is 0.320. The zero-order valence-corrected chi connectivity index (χ0v) is 14.7. The third-order valence-electron chi connectivity index (χ3n) is 3.75. The van der Waals surface area contributed by atoms with Crippen molar-refractivity contribution in [1.29, 1.82) is 0 Å². The maximum atomic E-state index is 12.8. The first-order valence-electron chi connectivity index (χ1n) is 8.12. The highest BCUT2D eigenvalue weighted by atomic mass is 32.1. The van der Waals surface area contributed by atoms with Gasteiger partial charge < -0.3 is 10.1 Å². The minimum Gasteiger partial charge on any atom is -0.493 e. The van der Waals surface area contributed by atoms with E-state index in [1.807, 2.05) is 25.1 Å². The largest absolute Gasteiger partial charge is 0.493 e. The van der Waals surface area contributed by atoms with Gasteiger partial charge in [-0.2, -0.15) is 0 Å². The van der Waals surface area contributed by atoms with Crippen molar-refractivity contribution in [2.75, 3.05) is 13.2 Å². The van der Waals surface area contributed by atoms with Crippen LogP contribution in [-0.4, -0.2) is 24.0 Å². The second-order valence-corrected chi connectivity index (χ2v) is 6.84. The van der Waals surface area contributed by atoms with Gasteiger partial charge in [-0.05, 0) is 36.4 Å². The molecule has 130 valence electrons. The van der Waals surface area contributed by atoms with E-state index in [0.717, 1.165) is 15.2 Å². The number of halogens is 1. The van der Waals surface area contributed by atoms with Gasteiger partial charge in [0.15, 0.2) is 0 Å². The number of ether oxygens (including phenoxy) is 1. The predicted octanol–water partition coefficient (Wildman–Crippen LogP) is 4.12. The molecule has 3 aromatic rings. The quantitative estimate of drug-likeness (QED) is 0.691. The zero-order valence-electron chi connectivity index (χ0n) is 13.9. The van der Waals surface area contributed by atoms with E-state index in [9.17, 15) is 9.18 Å². The van der Waals surface area contributed by atoms with E-state index in [-0.39, 0.29) is 30.7 Å². The molecule has 6 heteroatoms. The Labute approximate surface area is 149 Å². The maximum absolute atomic E-state index is 12.8. The highest BCUT2D eigenvalue weighted by Gasteiger charge is 2.12. The number of hydrogen-bond acceptors (Lipinski definition) is 4. The molecule has 1 N–H and O–H groups in total. The summed E-state index contributed by atoms with van der Waals surface area (Å²) in [7, 11) is 0. The fraction of sp³-hybridized carbons (Fsp3) is 0.263. The van der Waals surface area contributed by atoms with Gasteiger partial charge in [-0.1, -0.05) is 19.1 Å². The van der Waals surface area contributed by atoms with Crippen LogP contribution in [-0.2, 0) is 4.79 Å². The van der Waals surface area contributed by atoms with Crippen molar-refractivity contribution in [2.45, 2.75) is 19.3 Å². The predicted molar refractivity (Wildman–Crippen MR) is 97.6 cm³/mol. The first-order chi connectivity index (χ1) is 12.1. The number of hydrogen-bond donors (Lipinski definition) is 1. The van der Waals surface area contributed by atoms with E-state index < -0.39 is 0 Å². The van der Waals surface area contributed by atoms with Crippen LogP contribution in [0.4, 0.5) is 4.39 Å². The molecule has 1 atom stereocenters. The lowest BCUT2D eigenvalue weighted by Crippen LogP contribution is -2.28. The number of para-hydroxylation sites is 1. The molecule has 0 spiro atoms. The van der Waals surface area contributed by atoms with Gasteiger partial charge >= 0.3 is 0 Å². The topological polar surface area (TPSA) is 51.2 Å². The van der Waals surface area contributed by atoms with Crippen molar-refractivity contribution in [3.05, 3.63) is 59.4 Å². The van der Waals surface area contributed by atoms with Crippen LogP contribution < -0.4 is 10.1 Å². The van der Waals surface area contributed by atoms with E-state index in [2.05, 4.69) is 16.4 Å². The number of rotatable bonds is 7. The molecule has 25 heavy (non-hydrogen) atoms. The summed E-state index contributed by atoms with van der Waals surface area (Å²) < 4.78 is 19.4. The van der Waals surface area contributed by atoms with Gasteiger partial charge in [0.25, 0.3) is 0 Å². The molecule has 1 amide bonds. The third kappa shape index (κ3) is 4.76. The molecule has 1 heterocycles. The number of nitrogens with zero attached hydrogens (tertiary/aromatic N) is 1. The third-order valence-corrected chi connectivity index (χ3v) is 5.02. The molecule has 0 saturated carbocycles. The number of nitrogens with one attached hydrogen (secondary N) is 1. The van der Waals surface area contributed by atoms with Gasteiger partial charge in [0.2, 0.25) is 5.91 Å². The highest BCUT2D eigenvalue weighted by Crippen LogP contribution is 2.26. The van der Waals surface area contributed by atoms with E-state index >= 15 is 0 Å². The molecule has 0 bridgehead atoms. The average molecular weight is 358 g/mol. The first-order valence-corrected chi connectivity index (χ1v) is 8.94. The van der Waals surface area contributed by atoms with Crippen LogP contribution in [0.1, 0.15) is 24.3 Å². The smallest absolute Gasteiger partial charge is 0.223 e. The lowest BCUT2D eigenvalue weighted by molar-refractivity contribution is -0.121. The van der Waals surface area contributed by atoms with Crippen molar-refractivity contribution < 1.29 is 13.9 Å². The summed E-state index contributed by atoms with van der Waals surface area (Å²) >= 11 is 1.66. The van der Waals surface area contributed by atoms with Crippen LogP contribution in [0.5, 0.6) is 5.75 Å². The molecule has 3 rings (SSSR count). The molecule has 0 fully saturated rings. The monoisotopic (exact) mass is 358 g/mol. The summed E-state index contributed by atoms with van der Waals surface area (Å²) in [6, 6.07) is 13.8. The molecule has 0 radical (unpaired) electrons. The fourth-order valence-electron chi connectivity index (χ4n) is 2.34. The van der Waals surface area contributed by atoms with Gasteiger partial charge in [0, 0.05) is 12.5 Å². The van der Waals surface area contributed by atoms with Crippen LogP contribution in [0.25, 0.3) is 10.2 Å². The van der Waals surface area contributed by atoms with E-state index in [4.69, 9.17) is 4.74 Å². The van der Waals surface area contributed by atoms with Gasteiger partial charge in [0.05, 0.1) is 28.3 Å². The fourth-order valence-corrected chi connectivity index (χ4v) is 3.35. The van der Waals surface area contributed by atoms with Crippen molar-refractivity contribution in [3.8, 4) is 5.75 Å². The van der Waals surface area contributed by atoms with Crippen LogP contribution in [0.2, 0.25) is 0 Å². The Balaban J connectivity index is 1.42. The van der Waals surface area contributed by atoms with Crippen molar-refractivity contribution in [2.24, 2.45) is 0 Å². The Morgan fingerprint density at radius 3 is 2.76 bits per heavy atom. The van der Waals surface area contributed by atoms with Crippen LogP contribution in [0.3, 0.4) is 0 Å². The second kappa shape index (κ2) is 8.07. The molecule has 0 aliphatic rings. The van der Waals surface area contributed by atoms with Gasteiger partial charge in [-0.25, -0.2) is 9.37 Å². The molecule has 4 nitrogen and oxygen atoms in total. The molecule has 0 saturated heterocycles. The lowest BCUT2D eigenvalue weighted by atomic mass is 10.2. The van der Waals surface area contributed by atoms with Crippen LogP contribution in [0, 0.1) is 5.82 Å². The number of amides is 1. The zero-order chi connectivity index (χ0) is 17.6.